The number of ether oxygens (including phenoxy) is 5. The Morgan fingerprint density at radius 3 is 1.24 bits per heavy atom. The Morgan fingerprint density at radius 2 is 0.925 bits per heavy atom. The minimum Gasteiger partial charge on any atom is -0.497 e. The first kappa shape index (κ1) is 57.2. The number of benzene rings is 4. The van der Waals surface area contributed by atoms with Crippen molar-refractivity contribution in [2.75, 3.05) is 81.9 Å². The van der Waals surface area contributed by atoms with Crippen LogP contribution in [0.1, 0.15) is 43.7 Å². The number of nitrogens with two attached hydrogens (primary N) is 1. The summed E-state index contributed by atoms with van der Waals surface area (Å²) in [5.41, 5.74) is 9.72. The number of carbonyl (C=O) groups is 4. The molecule has 0 aliphatic carbocycles. The van der Waals surface area contributed by atoms with E-state index in [1.165, 1.54) is 46.7 Å². The van der Waals surface area contributed by atoms with Crippen molar-refractivity contribution in [3.8, 4) is 17.2 Å². The van der Waals surface area contributed by atoms with E-state index >= 15 is 0 Å². The fraction of sp³-hybridized carbons (Fsp3) is 0.391. The maximum absolute atomic E-state index is 13.0. The highest BCUT2D eigenvalue weighted by atomic mass is 32.2. The smallest absolute Gasteiger partial charge is 0.298 e. The molecule has 21 heteroatoms. The summed E-state index contributed by atoms with van der Waals surface area (Å²) in [6.07, 6.45) is 0. The van der Waals surface area contributed by atoms with Crippen molar-refractivity contribution < 1.29 is 59.7 Å². The summed E-state index contributed by atoms with van der Waals surface area (Å²) in [5.74, 6) is 0.620. The quantitative estimate of drug-likeness (QED) is 0.0787. The van der Waals surface area contributed by atoms with Crippen molar-refractivity contribution in [3.05, 3.63) is 112 Å². The maximum Gasteiger partial charge on any atom is 0.298 e. The summed E-state index contributed by atoms with van der Waals surface area (Å²) < 4.78 is 80.4. The number of likely N-dealkylation sites (N-methyl/N-ethyl adjacent to an activating group) is 4. The van der Waals surface area contributed by atoms with E-state index in [9.17, 15) is 36.0 Å². The molecule has 0 radical (unpaired) electrons. The highest BCUT2D eigenvalue weighted by Crippen LogP contribution is 2.29. The predicted octanol–water partition coefficient (Wildman–Crippen LogP) is 4.01. The van der Waals surface area contributed by atoms with Crippen LogP contribution in [0.25, 0.3) is 0 Å². The molecule has 5 N–H and O–H groups in total. The Balaban J connectivity index is 0.000000453. The molecule has 0 aromatic heterocycles. The molecule has 0 unspecified atom stereocenters. The number of primary amides is 1. The topological polar surface area (TPSA) is 257 Å². The van der Waals surface area contributed by atoms with Gasteiger partial charge < -0.3 is 45.4 Å². The van der Waals surface area contributed by atoms with Gasteiger partial charge in [0.05, 0.1) is 37.2 Å². The number of rotatable bonds is 23. The van der Waals surface area contributed by atoms with Crippen molar-refractivity contribution in [2.45, 2.75) is 50.6 Å². The highest BCUT2D eigenvalue weighted by molar-refractivity contribution is 7.89. The van der Waals surface area contributed by atoms with Crippen LogP contribution in [0.3, 0.4) is 0 Å². The summed E-state index contributed by atoms with van der Waals surface area (Å²) >= 11 is 0. The molecule has 0 fully saturated rings. The van der Waals surface area contributed by atoms with E-state index in [2.05, 4.69) is 0 Å². The van der Waals surface area contributed by atoms with Gasteiger partial charge in [0.2, 0.25) is 37.8 Å². The van der Waals surface area contributed by atoms with Gasteiger partial charge in [-0.1, -0.05) is 24.3 Å². The summed E-state index contributed by atoms with van der Waals surface area (Å²) in [4.78, 5) is 49.6. The van der Waals surface area contributed by atoms with Crippen molar-refractivity contribution in [2.24, 2.45) is 5.73 Å². The van der Waals surface area contributed by atoms with Crippen molar-refractivity contribution in [1.29, 1.82) is 0 Å². The molecule has 0 bridgehead atoms. The largest absolute Gasteiger partial charge is 0.497 e. The standard InChI is InChI=1S/C23H31N3O6S.C23H30N2O7S.H3N/c1-16-12-20(31-5)13-17(2)22(16)33(29,30)26(4)10-11-32-15-21(27)25(3)14-18-6-8-19(9-7-18)23(24)28;1-17-12-21(30-5)13-18(2)23(17)33(28,29)25(4)10-11-31-15-22(27)24(3)14-19-6-8-20(9-7-19)32-16-26;/h6-9,12-13H,10-11,14-15H2,1-5H3,(H2,24,28);6-9,12-13,16H,10-11,14-15H2,1-5H3;1H3. The van der Waals surface area contributed by atoms with E-state index in [0.29, 0.717) is 64.6 Å². The number of sulfonamides is 2. The lowest BCUT2D eigenvalue weighted by Gasteiger charge is -2.21. The molecule has 0 saturated carbocycles. The molecule has 19 nitrogen and oxygen atoms in total. The van der Waals surface area contributed by atoms with Crippen molar-refractivity contribution >= 4 is 44.2 Å². The van der Waals surface area contributed by atoms with Gasteiger partial charge in [0, 0.05) is 59.9 Å². The molecular weight excluding hydrogens is 909 g/mol. The zero-order valence-corrected chi connectivity index (χ0v) is 41.5. The van der Waals surface area contributed by atoms with Crippen LogP contribution in [-0.4, -0.2) is 141 Å². The molecule has 0 aliphatic heterocycles. The Hall–Kier alpha value is -5.94. The monoisotopic (exact) mass is 972 g/mol. The molecule has 0 aliphatic rings. The van der Waals surface area contributed by atoms with Crippen LogP contribution in [0, 0.1) is 27.7 Å². The van der Waals surface area contributed by atoms with E-state index in [4.69, 9.17) is 29.4 Å². The van der Waals surface area contributed by atoms with E-state index in [-0.39, 0.29) is 67.3 Å². The fourth-order valence-corrected chi connectivity index (χ4v) is 9.69. The number of carbonyl (C=O) groups excluding carboxylic acids is 4. The molecule has 368 valence electrons. The lowest BCUT2D eigenvalue weighted by Crippen LogP contribution is -2.33. The van der Waals surface area contributed by atoms with Crippen molar-refractivity contribution in [1.82, 2.24) is 24.6 Å². The normalized spacial score (nSPS) is 11.2. The lowest BCUT2D eigenvalue weighted by atomic mass is 10.1. The van der Waals surface area contributed by atoms with Gasteiger partial charge in [-0.15, -0.1) is 0 Å². The predicted molar refractivity (Wildman–Crippen MR) is 252 cm³/mol. The van der Waals surface area contributed by atoms with Gasteiger partial charge in [-0.2, -0.15) is 8.61 Å². The number of hydrogen-bond donors (Lipinski definition) is 2. The number of amides is 3. The maximum atomic E-state index is 13.0. The first-order chi connectivity index (χ1) is 31.1. The Morgan fingerprint density at radius 1 is 0.582 bits per heavy atom. The second kappa shape index (κ2) is 26.4. The molecule has 4 rings (SSSR count). The van der Waals surface area contributed by atoms with Gasteiger partial charge in [-0.25, -0.2) is 16.8 Å². The van der Waals surface area contributed by atoms with Crippen LogP contribution in [0.4, 0.5) is 0 Å². The molecule has 3 amide bonds. The summed E-state index contributed by atoms with van der Waals surface area (Å²) in [5, 5.41) is 0. The van der Waals surface area contributed by atoms with E-state index in [0.717, 1.165) is 11.1 Å². The molecular formula is C46H64N6O13S2. The Kier molecular flexibility index (Phi) is 22.5. The van der Waals surface area contributed by atoms with Gasteiger partial charge in [0.25, 0.3) is 6.47 Å². The van der Waals surface area contributed by atoms with E-state index in [1.807, 2.05) is 0 Å². The zero-order valence-electron chi connectivity index (χ0n) is 39.9. The molecule has 67 heavy (non-hydrogen) atoms. The third-order valence-electron chi connectivity index (χ3n) is 10.3. The van der Waals surface area contributed by atoms with Gasteiger partial charge in [0.1, 0.15) is 30.5 Å². The number of nitrogens with zero attached hydrogens (tertiary/aromatic N) is 4. The van der Waals surface area contributed by atoms with Crippen molar-refractivity contribution in [3.63, 3.8) is 0 Å². The van der Waals surface area contributed by atoms with Gasteiger partial charge in [0.15, 0.2) is 0 Å². The average molecular weight is 973 g/mol. The molecule has 0 atom stereocenters. The minimum atomic E-state index is -3.72. The molecule has 0 saturated heterocycles. The third-order valence-corrected chi connectivity index (χ3v) is 14.6. The van der Waals surface area contributed by atoms with Crippen LogP contribution in [0.5, 0.6) is 17.2 Å². The van der Waals surface area contributed by atoms with Crippen LogP contribution in [0.2, 0.25) is 0 Å². The van der Waals surface area contributed by atoms with Gasteiger partial charge in [-0.05, 0) is 110 Å². The molecule has 4 aromatic rings. The van der Waals surface area contributed by atoms with E-state index in [1.54, 1.807) is 115 Å². The first-order valence-corrected chi connectivity index (χ1v) is 23.4. The minimum absolute atomic E-state index is 0. The van der Waals surface area contributed by atoms with Crippen LogP contribution < -0.4 is 26.1 Å². The SMILES string of the molecule is COc1cc(C)c(S(=O)(=O)N(C)CCOCC(=O)N(C)Cc2ccc(C(N)=O)cc2)c(C)c1.COc1cc(C)c(S(=O)(=O)N(C)CCOCC(=O)N(C)Cc2ccc(OC=O)cc2)c(C)c1.N. The van der Waals surface area contributed by atoms with Gasteiger partial charge >= 0.3 is 0 Å². The number of methoxy groups -OCH3 is 2. The second-order valence-corrected chi connectivity index (χ2v) is 19.3. The molecule has 0 heterocycles. The van der Waals surface area contributed by atoms with E-state index < -0.39 is 26.0 Å². The third kappa shape index (κ3) is 16.4. The average Bonchev–Trinajstić information content (AvgIpc) is 3.26. The molecule has 0 spiro atoms. The first-order valence-electron chi connectivity index (χ1n) is 20.5. The Labute approximate surface area is 394 Å². The summed E-state index contributed by atoms with van der Waals surface area (Å²) in [6.45, 7) is 7.93. The summed E-state index contributed by atoms with van der Waals surface area (Å²) in [7, 11) is 1.86. The number of aryl methyl sites for hydroxylation is 4. The summed E-state index contributed by atoms with van der Waals surface area (Å²) in [6, 6.07) is 20.2. The Bertz CT molecular complexity index is 2480. The number of hydrogen-bond acceptors (Lipinski definition) is 14. The van der Waals surface area contributed by atoms with Crippen LogP contribution >= 0.6 is 0 Å². The van der Waals surface area contributed by atoms with Crippen LogP contribution in [-0.2, 0) is 57.0 Å². The second-order valence-electron chi connectivity index (χ2n) is 15.4. The lowest BCUT2D eigenvalue weighted by molar-refractivity contribution is -0.136. The fourth-order valence-electron chi connectivity index (χ4n) is 6.58. The van der Waals surface area contributed by atoms with Gasteiger partial charge in [-0.3, -0.25) is 19.2 Å². The highest BCUT2D eigenvalue weighted by Gasteiger charge is 2.27. The molecule has 4 aromatic carbocycles. The van der Waals surface area contributed by atoms with Crippen LogP contribution in [0.15, 0.2) is 82.6 Å². The zero-order chi connectivity index (χ0) is 49.4.